The van der Waals surface area contributed by atoms with Crippen LogP contribution >= 0.6 is 35.3 Å². The fourth-order valence-electron chi connectivity index (χ4n) is 1.85. The van der Waals surface area contributed by atoms with Crippen molar-refractivity contribution in [1.29, 1.82) is 0 Å². The van der Waals surface area contributed by atoms with Crippen LogP contribution in [0.3, 0.4) is 0 Å². The first-order valence-corrected chi connectivity index (χ1v) is 9.11. The van der Waals surface area contributed by atoms with Gasteiger partial charge in [-0.1, -0.05) is 27.7 Å². The van der Waals surface area contributed by atoms with Crippen LogP contribution in [0.5, 0.6) is 0 Å². The highest BCUT2D eigenvalue weighted by Crippen LogP contribution is 2.18. The molecule has 0 saturated heterocycles. The number of carbonyl (C=O) groups is 1. The van der Waals surface area contributed by atoms with Gasteiger partial charge in [0.15, 0.2) is 5.96 Å². The maximum atomic E-state index is 11.8. The van der Waals surface area contributed by atoms with Gasteiger partial charge >= 0.3 is 0 Å². The van der Waals surface area contributed by atoms with Crippen LogP contribution in [-0.2, 0) is 4.79 Å². The third kappa shape index (κ3) is 8.86. The summed E-state index contributed by atoms with van der Waals surface area (Å²) in [5, 5.41) is 13.7. The second-order valence-corrected chi connectivity index (χ2v) is 7.39. The van der Waals surface area contributed by atoms with E-state index in [1.165, 1.54) is 5.56 Å². The van der Waals surface area contributed by atoms with Crippen molar-refractivity contribution in [2.45, 2.75) is 40.5 Å². The standard InChI is InChI=1S/C17H30N4OS.HI/c1-6-18-16(20-9-8-19-15(22)17(3,4)5)21-11-13(2)14-7-10-23-12-14;/h7,10,12-13H,6,8-9,11H2,1-5H3,(H,19,22)(H2,18,20,21);1H. The van der Waals surface area contributed by atoms with E-state index in [1.807, 2.05) is 27.7 Å². The molecule has 0 bridgehead atoms. The maximum absolute atomic E-state index is 11.8. The van der Waals surface area contributed by atoms with Crippen molar-refractivity contribution in [3.05, 3.63) is 22.4 Å². The molecule has 0 aliphatic carbocycles. The molecule has 1 heterocycles. The van der Waals surface area contributed by atoms with Crippen LogP contribution in [0.2, 0.25) is 0 Å². The average Bonchev–Trinajstić information content (AvgIpc) is 3.01. The lowest BCUT2D eigenvalue weighted by molar-refractivity contribution is -0.128. The van der Waals surface area contributed by atoms with Crippen LogP contribution in [0.15, 0.2) is 21.8 Å². The van der Waals surface area contributed by atoms with E-state index in [0.717, 1.165) is 19.0 Å². The Morgan fingerprint density at radius 1 is 1.25 bits per heavy atom. The van der Waals surface area contributed by atoms with Crippen molar-refractivity contribution in [2.24, 2.45) is 10.4 Å². The highest BCUT2D eigenvalue weighted by Gasteiger charge is 2.20. The number of carbonyl (C=O) groups excluding carboxylic acids is 1. The van der Waals surface area contributed by atoms with Crippen LogP contribution in [0, 0.1) is 5.41 Å². The molecule has 0 aromatic carbocycles. The SMILES string of the molecule is CCNC(=NCC(C)c1ccsc1)NCCNC(=O)C(C)(C)C.I. The highest BCUT2D eigenvalue weighted by molar-refractivity contribution is 14.0. The number of guanidine groups is 1. The first-order valence-electron chi connectivity index (χ1n) is 8.17. The molecule has 0 radical (unpaired) electrons. The topological polar surface area (TPSA) is 65.5 Å². The third-order valence-electron chi connectivity index (χ3n) is 3.36. The van der Waals surface area contributed by atoms with E-state index < -0.39 is 0 Å². The number of hydrogen-bond donors (Lipinski definition) is 3. The number of nitrogens with zero attached hydrogens (tertiary/aromatic N) is 1. The van der Waals surface area contributed by atoms with Crippen LogP contribution in [0.4, 0.5) is 0 Å². The molecule has 138 valence electrons. The van der Waals surface area contributed by atoms with Gasteiger partial charge in [-0.3, -0.25) is 9.79 Å². The van der Waals surface area contributed by atoms with Crippen molar-refractivity contribution in [3.63, 3.8) is 0 Å². The lowest BCUT2D eigenvalue weighted by Gasteiger charge is -2.18. The largest absolute Gasteiger partial charge is 0.357 e. The molecule has 5 nitrogen and oxygen atoms in total. The number of aliphatic imine (C=N–C) groups is 1. The molecule has 24 heavy (non-hydrogen) atoms. The Kier molecular flexibility index (Phi) is 11.3. The zero-order valence-electron chi connectivity index (χ0n) is 15.3. The Balaban J connectivity index is 0.00000529. The summed E-state index contributed by atoms with van der Waals surface area (Å²) in [6, 6.07) is 2.15. The zero-order valence-corrected chi connectivity index (χ0v) is 18.5. The minimum atomic E-state index is -0.353. The normalized spacial score (nSPS) is 13.0. The van der Waals surface area contributed by atoms with Gasteiger partial charge in [0, 0.05) is 37.5 Å². The van der Waals surface area contributed by atoms with Gasteiger partial charge in [0.2, 0.25) is 5.91 Å². The molecular weight excluding hydrogens is 435 g/mol. The third-order valence-corrected chi connectivity index (χ3v) is 4.07. The molecule has 0 saturated carbocycles. The molecule has 1 unspecified atom stereocenters. The second-order valence-electron chi connectivity index (χ2n) is 6.61. The molecular formula is C17H31IN4OS. The van der Waals surface area contributed by atoms with Crippen molar-refractivity contribution < 1.29 is 4.79 Å². The smallest absolute Gasteiger partial charge is 0.225 e. The minimum absolute atomic E-state index is 0. The fourth-order valence-corrected chi connectivity index (χ4v) is 2.64. The number of amides is 1. The van der Waals surface area contributed by atoms with Crippen molar-refractivity contribution in [2.75, 3.05) is 26.2 Å². The van der Waals surface area contributed by atoms with Gasteiger partial charge in [0.05, 0.1) is 0 Å². The Morgan fingerprint density at radius 3 is 2.46 bits per heavy atom. The summed E-state index contributed by atoms with van der Waals surface area (Å²) < 4.78 is 0. The van der Waals surface area contributed by atoms with Crippen LogP contribution in [-0.4, -0.2) is 38.0 Å². The summed E-state index contributed by atoms with van der Waals surface area (Å²) in [4.78, 5) is 16.4. The van der Waals surface area contributed by atoms with Crippen LogP contribution in [0.25, 0.3) is 0 Å². The average molecular weight is 466 g/mol. The van der Waals surface area contributed by atoms with Gasteiger partial charge in [-0.15, -0.1) is 24.0 Å². The van der Waals surface area contributed by atoms with Gasteiger partial charge in [0.25, 0.3) is 0 Å². The van der Waals surface area contributed by atoms with E-state index in [4.69, 9.17) is 0 Å². The molecule has 1 rings (SSSR count). The van der Waals surface area contributed by atoms with Crippen molar-refractivity contribution in [3.8, 4) is 0 Å². The van der Waals surface area contributed by atoms with Crippen molar-refractivity contribution >= 4 is 47.2 Å². The lowest BCUT2D eigenvalue weighted by Crippen LogP contribution is -2.43. The summed E-state index contributed by atoms with van der Waals surface area (Å²) in [6.07, 6.45) is 0. The van der Waals surface area contributed by atoms with E-state index in [2.05, 4.69) is 44.7 Å². The first kappa shape index (κ1) is 23.2. The number of nitrogens with one attached hydrogen (secondary N) is 3. The quantitative estimate of drug-likeness (QED) is 0.250. The molecule has 3 N–H and O–H groups in total. The molecule has 1 atom stereocenters. The molecule has 0 aliphatic heterocycles. The number of halogens is 1. The lowest BCUT2D eigenvalue weighted by atomic mass is 9.96. The number of rotatable bonds is 7. The van der Waals surface area contributed by atoms with E-state index in [1.54, 1.807) is 11.3 Å². The van der Waals surface area contributed by atoms with E-state index >= 15 is 0 Å². The molecule has 0 spiro atoms. The monoisotopic (exact) mass is 466 g/mol. The van der Waals surface area contributed by atoms with Gasteiger partial charge in [-0.2, -0.15) is 11.3 Å². The number of thiophene rings is 1. The molecule has 7 heteroatoms. The maximum Gasteiger partial charge on any atom is 0.225 e. The zero-order chi connectivity index (χ0) is 17.3. The Hall–Kier alpha value is -0.830. The summed E-state index contributed by atoms with van der Waals surface area (Å²) in [5.41, 5.74) is 0.973. The second kappa shape index (κ2) is 11.7. The minimum Gasteiger partial charge on any atom is -0.357 e. The Labute approximate surface area is 167 Å². The van der Waals surface area contributed by atoms with Gasteiger partial charge in [-0.05, 0) is 29.3 Å². The number of hydrogen-bond acceptors (Lipinski definition) is 3. The van der Waals surface area contributed by atoms with E-state index in [0.29, 0.717) is 19.0 Å². The van der Waals surface area contributed by atoms with Gasteiger partial charge < -0.3 is 16.0 Å². The molecule has 0 aliphatic rings. The Morgan fingerprint density at radius 2 is 1.92 bits per heavy atom. The van der Waals surface area contributed by atoms with Gasteiger partial charge in [0.1, 0.15) is 0 Å². The molecule has 0 fully saturated rings. The van der Waals surface area contributed by atoms with Crippen LogP contribution in [0.1, 0.15) is 46.1 Å². The summed E-state index contributed by atoms with van der Waals surface area (Å²) in [6.45, 7) is 12.7. The Bertz CT molecular complexity index is 497. The molecule has 1 amide bonds. The van der Waals surface area contributed by atoms with E-state index in [-0.39, 0.29) is 35.3 Å². The fraction of sp³-hybridized carbons (Fsp3) is 0.647. The van der Waals surface area contributed by atoms with E-state index in [9.17, 15) is 4.79 Å². The van der Waals surface area contributed by atoms with Crippen molar-refractivity contribution in [1.82, 2.24) is 16.0 Å². The summed E-state index contributed by atoms with van der Waals surface area (Å²) in [5.74, 6) is 1.25. The highest BCUT2D eigenvalue weighted by atomic mass is 127. The van der Waals surface area contributed by atoms with Crippen LogP contribution < -0.4 is 16.0 Å². The summed E-state index contributed by atoms with van der Waals surface area (Å²) in [7, 11) is 0. The molecule has 1 aromatic heterocycles. The first-order chi connectivity index (χ1) is 10.8. The van der Waals surface area contributed by atoms with Gasteiger partial charge in [-0.25, -0.2) is 0 Å². The predicted molar refractivity (Wildman–Crippen MR) is 115 cm³/mol. The summed E-state index contributed by atoms with van der Waals surface area (Å²) >= 11 is 1.71. The predicted octanol–water partition coefficient (Wildman–Crippen LogP) is 3.19. The molecule has 1 aromatic rings.